The smallest absolute Gasteiger partial charge is 0.115 e. The lowest BCUT2D eigenvalue weighted by molar-refractivity contribution is 0.475. The van der Waals surface area contributed by atoms with Crippen molar-refractivity contribution in [2.24, 2.45) is 0 Å². The highest BCUT2D eigenvalue weighted by molar-refractivity contribution is 5.55. The second-order valence-corrected chi connectivity index (χ2v) is 6.56. The molecule has 2 fully saturated rings. The van der Waals surface area contributed by atoms with Gasteiger partial charge in [0.15, 0.2) is 0 Å². The summed E-state index contributed by atoms with van der Waals surface area (Å²) in [6, 6.07) is 7.37. The summed E-state index contributed by atoms with van der Waals surface area (Å²) in [4.78, 5) is 2.47. The summed E-state index contributed by atoms with van der Waals surface area (Å²) in [5, 5.41) is 17.7. The Morgan fingerprint density at radius 1 is 1.04 bits per heavy atom. The maximum absolute atomic E-state index is 9.55. The van der Waals surface area contributed by atoms with Crippen LogP contribution in [-0.2, 0) is 0 Å². The first-order valence-electron chi connectivity index (χ1n) is 8.66. The third-order valence-electron chi connectivity index (χ3n) is 5.08. The van der Waals surface area contributed by atoms with E-state index in [1.807, 2.05) is 18.3 Å². The van der Waals surface area contributed by atoms with Crippen LogP contribution in [0.25, 0.3) is 5.69 Å². The van der Waals surface area contributed by atoms with Crippen LogP contribution >= 0.6 is 0 Å². The maximum Gasteiger partial charge on any atom is 0.115 e. The van der Waals surface area contributed by atoms with Gasteiger partial charge in [-0.05, 0) is 37.1 Å². The molecule has 5 nitrogen and oxygen atoms in total. The zero-order chi connectivity index (χ0) is 15.6. The van der Waals surface area contributed by atoms with Gasteiger partial charge < -0.3 is 15.3 Å². The minimum atomic E-state index is 0.297. The maximum atomic E-state index is 9.55. The van der Waals surface area contributed by atoms with Gasteiger partial charge in [-0.1, -0.05) is 12.8 Å². The van der Waals surface area contributed by atoms with Gasteiger partial charge >= 0.3 is 0 Å². The first kappa shape index (κ1) is 14.6. The average molecular weight is 312 g/mol. The summed E-state index contributed by atoms with van der Waals surface area (Å²) >= 11 is 0. The van der Waals surface area contributed by atoms with Gasteiger partial charge in [0, 0.05) is 32.1 Å². The molecule has 122 valence electrons. The van der Waals surface area contributed by atoms with E-state index in [9.17, 15) is 5.11 Å². The zero-order valence-corrected chi connectivity index (χ0v) is 13.4. The van der Waals surface area contributed by atoms with Crippen LogP contribution in [0.1, 0.15) is 37.3 Å². The minimum absolute atomic E-state index is 0.297. The third-order valence-corrected chi connectivity index (χ3v) is 5.08. The summed E-state index contributed by atoms with van der Waals surface area (Å²) in [5.74, 6) is 0.891. The largest absolute Gasteiger partial charge is 0.508 e. The topological polar surface area (TPSA) is 53.3 Å². The molecule has 1 aromatic heterocycles. The number of piperazine rings is 1. The fraction of sp³-hybridized carbons (Fsp3) is 0.500. The van der Waals surface area contributed by atoms with Crippen molar-refractivity contribution in [1.29, 1.82) is 0 Å². The van der Waals surface area contributed by atoms with E-state index in [2.05, 4.69) is 14.9 Å². The molecule has 1 saturated heterocycles. The number of phenols is 1. The number of nitrogens with one attached hydrogen (secondary N) is 1. The van der Waals surface area contributed by atoms with Gasteiger partial charge in [0.05, 0.1) is 23.3 Å². The molecule has 0 unspecified atom stereocenters. The lowest BCUT2D eigenvalue weighted by atomic mass is 10.0. The highest BCUT2D eigenvalue weighted by Gasteiger charge is 2.28. The molecular weight excluding hydrogens is 288 g/mol. The molecule has 0 amide bonds. The van der Waals surface area contributed by atoms with Gasteiger partial charge in [-0.15, -0.1) is 0 Å². The highest BCUT2D eigenvalue weighted by Crippen LogP contribution is 2.40. The van der Waals surface area contributed by atoms with Crippen molar-refractivity contribution < 1.29 is 5.11 Å². The van der Waals surface area contributed by atoms with Crippen LogP contribution in [0.2, 0.25) is 0 Å². The van der Waals surface area contributed by atoms with Crippen LogP contribution in [-0.4, -0.2) is 41.1 Å². The Bertz CT molecular complexity index is 652. The molecule has 1 aromatic carbocycles. The van der Waals surface area contributed by atoms with Gasteiger partial charge in [0.1, 0.15) is 5.75 Å². The number of nitrogens with zero attached hydrogens (tertiary/aromatic N) is 3. The number of phenolic OH excluding ortho intramolecular Hbond substituents is 1. The number of rotatable bonds is 3. The van der Waals surface area contributed by atoms with Crippen LogP contribution < -0.4 is 10.2 Å². The van der Waals surface area contributed by atoms with Crippen LogP contribution in [0.5, 0.6) is 5.75 Å². The van der Waals surface area contributed by atoms with E-state index in [-0.39, 0.29) is 0 Å². The zero-order valence-electron chi connectivity index (χ0n) is 13.4. The van der Waals surface area contributed by atoms with Crippen LogP contribution in [0.3, 0.4) is 0 Å². The molecule has 2 aromatic rings. The van der Waals surface area contributed by atoms with Crippen LogP contribution in [0.15, 0.2) is 30.5 Å². The fourth-order valence-corrected chi connectivity index (χ4v) is 3.88. The summed E-state index contributed by atoms with van der Waals surface area (Å²) in [6.07, 6.45) is 7.16. The van der Waals surface area contributed by atoms with Gasteiger partial charge in [-0.3, -0.25) is 0 Å². The average Bonchev–Trinajstić information content (AvgIpc) is 3.25. The monoisotopic (exact) mass is 312 g/mol. The molecule has 5 heteroatoms. The Morgan fingerprint density at radius 2 is 1.74 bits per heavy atom. The van der Waals surface area contributed by atoms with E-state index in [1.54, 1.807) is 12.1 Å². The third kappa shape index (κ3) is 2.81. The molecular formula is C18H24N4O. The van der Waals surface area contributed by atoms with Crippen LogP contribution in [0, 0.1) is 0 Å². The van der Waals surface area contributed by atoms with Crippen molar-refractivity contribution in [3.05, 3.63) is 36.2 Å². The van der Waals surface area contributed by atoms with Crippen molar-refractivity contribution in [1.82, 2.24) is 15.1 Å². The normalized spacial score (nSPS) is 19.4. The Balaban J connectivity index is 1.75. The fourth-order valence-electron chi connectivity index (χ4n) is 3.88. The first-order valence-corrected chi connectivity index (χ1v) is 8.66. The number of benzene rings is 1. The van der Waals surface area contributed by atoms with Crippen molar-refractivity contribution in [3.63, 3.8) is 0 Å². The number of aromatic nitrogens is 2. The predicted octanol–water partition coefficient (Wildman–Crippen LogP) is 2.65. The molecule has 2 N–H and O–H groups in total. The lowest BCUT2D eigenvalue weighted by Crippen LogP contribution is -2.43. The van der Waals surface area contributed by atoms with E-state index in [4.69, 9.17) is 5.10 Å². The van der Waals surface area contributed by atoms with Crippen LogP contribution in [0.4, 0.5) is 5.69 Å². The summed E-state index contributed by atoms with van der Waals surface area (Å²) < 4.78 is 2.09. The summed E-state index contributed by atoms with van der Waals surface area (Å²) in [6.45, 7) is 4.16. The number of hydrogen-bond acceptors (Lipinski definition) is 4. The molecule has 1 aliphatic carbocycles. The Hall–Kier alpha value is -2.01. The predicted molar refractivity (Wildman–Crippen MR) is 91.5 cm³/mol. The molecule has 0 spiro atoms. The Labute approximate surface area is 136 Å². The number of hydrogen-bond donors (Lipinski definition) is 2. The van der Waals surface area contributed by atoms with Crippen molar-refractivity contribution in [3.8, 4) is 11.4 Å². The molecule has 2 aliphatic rings. The second-order valence-electron chi connectivity index (χ2n) is 6.56. The van der Waals surface area contributed by atoms with Gasteiger partial charge in [0.25, 0.3) is 0 Å². The molecule has 2 heterocycles. The van der Waals surface area contributed by atoms with E-state index in [0.29, 0.717) is 11.7 Å². The number of anilines is 1. The molecule has 0 atom stereocenters. The lowest BCUT2D eigenvalue weighted by Gasteiger charge is -2.30. The second kappa shape index (κ2) is 6.24. The van der Waals surface area contributed by atoms with Crippen molar-refractivity contribution in [2.75, 3.05) is 31.1 Å². The summed E-state index contributed by atoms with van der Waals surface area (Å²) in [7, 11) is 0. The Kier molecular flexibility index (Phi) is 3.95. The highest BCUT2D eigenvalue weighted by atomic mass is 16.3. The standard InChI is InChI=1S/C18H24N4O/c23-16-7-5-15(6-8-16)22-18(14-3-1-2-4-14)17(13-20-22)21-11-9-19-10-12-21/h5-8,13-14,19,23H,1-4,9-12H2. The molecule has 23 heavy (non-hydrogen) atoms. The van der Waals surface area contributed by atoms with E-state index >= 15 is 0 Å². The summed E-state index contributed by atoms with van der Waals surface area (Å²) in [5.41, 5.74) is 3.69. The SMILES string of the molecule is Oc1ccc(-n2ncc(N3CCNCC3)c2C2CCCC2)cc1. The Morgan fingerprint density at radius 3 is 2.43 bits per heavy atom. The molecule has 0 bridgehead atoms. The quantitative estimate of drug-likeness (QED) is 0.915. The molecule has 1 aliphatic heterocycles. The number of aromatic hydroxyl groups is 1. The van der Waals surface area contributed by atoms with E-state index < -0.39 is 0 Å². The van der Waals surface area contributed by atoms with Gasteiger partial charge in [-0.2, -0.15) is 5.10 Å². The molecule has 0 radical (unpaired) electrons. The van der Waals surface area contributed by atoms with Gasteiger partial charge in [-0.25, -0.2) is 4.68 Å². The van der Waals surface area contributed by atoms with Gasteiger partial charge in [0.2, 0.25) is 0 Å². The minimum Gasteiger partial charge on any atom is -0.508 e. The van der Waals surface area contributed by atoms with E-state index in [0.717, 1.165) is 31.9 Å². The van der Waals surface area contributed by atoms with Crippen molar-refractivity contribution >= 4 is 5.69 Å². The molecule has 4 rings (SSSR count). The van der Waals surface area contributed by atoms with E-state index in [1.165, 1.54) is 37.1 Å². The molecule has 1 saturated carbocycles. The first-order chi connectivity index (χ1) is 11.3. The van der Waals surface area contributed by atoms with Crippen molar-refractivity contribution in [2.45, 2.75) is 31.6 Å².